The molecule has 7 aromatic carbocycles. The van der Waals surface area contributed by atoms with Crippen LogP contribution in [-0.4, -0.2) is 38.1 Å². The molecule has 63 heavy (non-hydrogen) atoms. The van der Waals surface area contributed by atoms with E-state index in [0.29, 0.717) is 5.82 Å². The van der Waals surface area contributed by atoms with E-state index in [1.165, 1.54) is 12.1 Å². The zero-order chi connectivity index (χ0) is 55.2. The zero-order valence-electron chi connectivity index (χ0n) is 49.3. The fraction of sp³-hybridized carbons (Fsp3) is 0.143. The molecule has 2 atom stereocenters. The lowest BCUT2D eigenvalue weighted by atomic mass is 9.62. The molecule has 1 aliphatic heterocycles. The monoisotopic (exact) mass is 845 g/mol. The van der Waals surface area contributed by atoms with E-state index < -0.39 is 125 Å². The van der Waals surface area contributed by atoms with Gasteiger partial charge >= 0.3 is 0 Å². The molecule has 0 saturated heterocycles. The van der Waals surface area contributed by atoms with Crippen LogP contribution in [0.2, 0.25) is 0 Å². The highest BCUT2D eigenvalue weighted by molar-refractivity contribution is 7.19. The highest BCUT2D eigenvalue weighted by Crippen LogP contribution is 2.59. The van der Waals surface area contributed by atoms with E-state index in [-0.39, 0.29) is 28.5 Å². The number of nitrogens with zero attached hydrogens (tertiary/aromatic N) is 6. The predicted octanol–water partition coefficient (Wildman–Crippen LogP) is 10.3. The maximum Gasteiger partial charge on any atom is 0.240 e. The van der Waals surface area contributed by atoms with E-state index >= 15 is 0 Å². The van der Waals surface area contributed by atoms with Gasteiger partial charge in [-0.15, -0.1) is 0 Å². The molecule has 0 N–H and O–H groups in total. The second kappa shape index (κ2) is 14.4. The Kier molecular flexibility index (Phi) is 5.73. The van der Waals surface area contributed by atoms with Gasteiger partial charge in [0.15, 0.2) is 13.9 Å². The fourth-order valence-electron chi connectivity index (χ4n) is 10.4. The number of aromatic nitrogens is 5. The maximum absolute atomic E-state index is 9.63. The number of fused-ring (bicyclic) bond motifs is 7. The van der Waals surface area contributed by atoms with Crippen LogP contribution in [-0.2, 0) is 5.41 Å². The van der Waals surface area contributed by atoms with Crippen molar-refractivity contribution in [3.8, 4) is 17.3 Å². The first kappa shape index (κ1) is 25.0. The lowest BCUT2D eigenvalue weighted by Gasteiger charge is -2.49. The van der Waals surface area contributed by atoms with Gasteiger partial charge in [0.1, 0.15) is 5.82 Å². The molecule has 3 aromatic heterocycles. The van der Waals surface area contributed by atoms with Crippen molar-refractivity contribution in [3.63, 3.8) is 0 Å². The Bertz CT molecular complexity index is 4010. The number of rotatable bonds is 7. The van der Waals surface area contributed by atoms with Crippen LogP contribution in [0.15, 0.2) is 194 Å². The number of pyridine rings is 1. The van der Waals surface area contributed by atoms with Crippen molar-refractivity contribution in [2.75, 3.05) is 4.90 Å². The van der Waals surface area contributed by atoms with Gasteiger partial charge in [0.05, 0.1) is 37.1 Å². The summed E-state index contributed by atoms with van der Waals surface area (Å²) in [5.74, 6) is 1.17. The number of anilines is 2. The van der Waals surface area contributed by atoms with Gasteiger partial charge in [-0.1, -0.05) is 183 Å². The molecule has 2 unspecified atom stereocenters. The molecule has 1 fully saturated rings. The standard InChI is InChI=1S/C56H46N6Si/c1-55-33-16-17-34-56(55,2)62(52-48(55)31-19-35-57-52)54-59-51(58-53(60-54)61-49-32-15-14-30-46(49)47-37-39-20-12-13-21-40(39)38-50(47)61)41-22-18-29-45(36-41)63(42-23-6-3-7-24-42,43-25-8-4-9-26-43)44-27-10-5-11-28-44/h3-15,18-32,35-38H,16-17,33-34H2,1-2H3/i3D,4D,5D,6D,7D,8D,9D,10D,11D,23D,24D,25D,26D,27D,28D. The van der Waals surface area contributed by atoms with E-state index in [4.69, 9.17) is 32.3 Å². The van der Waals surface area contributed by atoms with Gasteiger partial charge in [0.25, 0.3) is 0 Å². The molecular formula is C56H46N6Si. The second-order valence-electron chi connectivity index (χ2n) is 16.7. The smallest absolute Gasteiger partial charge is 0.240 e. The van der Waals surface area contributed by atoms with Gasteiger partial charge < -0.3 is 0 Å². The van der Waals surface area contributed by atoms with Gasteiger partial charge in [0.2, 0.25) is 11.9 Å². The number of para-hydroxylation sites is 1. The average molecular weight is 846 g/mol. The molecule has 0 radical (unpaired) electrons. The Labute approximate surface area is 389 Å². The molecule has 6 nitrogen and oxygen atoms in total. The molecule has 304 valence electrons. The highest BCUT2D eigenvalue weighted by Gasteiger charge is 2.59. The summed E-state index contributed by atoms with van der Waals surface area (Å²) in [6, 6.07) is 17.7. The van der Waals surface area contributed by atoms with Crippen molar-refractivity contribution in [1.29, 1.82) is 0 Å². The van der Waals surface area contributed by atoms with E-state index in [2.05, 4.69) is 43.0 Å². The third-order valence-corrected chi connectivity index (χ3v) is 17.8. The third-order valence-electron chi connectivity index (χ3n) is 13.6. The Morgan fingerprint density at radius 1 is 0.556 bits per heavy atom. The van der Waals surface area contributed by atoms with E-state index in [0.717, 1.165) is 63.8 Å². The van der Waals surface area contributed by atoms with Crippen LogP contribution in [0.5, 0.6) is 0 Å². The Morgan fingerprint density at radius 2 is 1.19 bits per heavy atom. The maximum atomic E-state index is 9.63. The van der Waals surface area contributed by atoms with E-state index in [1.54, 1.807) is 18.3 Å². The summed E-state index contributed by atoms with van der Waals surface area (Å²) in [7, 11) is -5.48. The first-order valence-electron chi connectivity index (χ1n) is 28.5. The quantitative estimate of drug-likeness (QED) is 0.118. The lowest BCUT2D eigenvalue weighted by molar-refractivity contribution is 0.193. The van der Waals surface area contributed by atoms with Crippen molar-refractivity contribution in [3.05, 3.63) is 199 Å². The van der Waals surface area contributed by atoms with Crippen LogP contribution in [0.25, 0.3) is 49.9 Å². The normalized spacial score (nSPS) is 21.8. The SMILES string of the molecule is [2H]c1c([2H])c([2H])c([Si](c2cccc(-c3nc(N4c5ncccc5C5(C)CCCCC45C)nc(-n4c5ccccc5c5cc6ccccc6cc54)n3)c2)(c2c([2H])c([2H])c([2H])c([2H])c2[2H])c2c([2H])c([2H])c([2H])c([2H])c2[2H])c([2H])c1[2H]. The molecule has 2 aliphatic rings. The molecule has 0 bridgehead atoms. The minimum absolute atomic E-state index is 0.0557. The Hall–Kier alpha value is -7.22. The molecule has 0 spiro atoms. The second-order valence-corrected chi connectivity index (χ2v) is 20.3. The number of benzene rings is 7. The summed E-state index contributed by atoms with van der Waals surface area (Å²) in [5.41, 5.74) is 1.81. The largest absolute Gasteiger partial charge is 0.288 e. The Morgan fingerprint density at radius 3 is 1.90 bits per heavy atom. The fourth-order valence-corrected chi connectivity index (χ4v) is 14.2. The van der Waals surface area contributed by atoms with Crippen LogP contribution >= 0.6 is 0 Å². The molecule has 7 heteroatoms. The van der Waals surface area contributed by atoms with Crippen LogP contribution in [0.4, 0.5) is 11.8 Å². The summed E-state index contributed by atoms with van der Waals surface area (Å²) in [6.07, 6.45) is 5.27. The molecule has 1 saturated carbocycles. The van der Waals surface area contributed by atoms with Gasteiger partial charge in [-0.25, -0.2) is 4.98 Å². The molecule has 4 heterocycles. The summed E-state index contributed by atoms with van der Waals surface area (Å²) < 4.78 is 140. The number of hydrogen-bond acceptors (Lipinski definition) is 5. The molecule has 1 aliphatic carbocycles. The van der Waals surface area contributed by atoms with E-state index in [9.17, 15) is 8.22 Å². The first-order valence-corrected chi connectivity index (χ1v) is 23.0. The van der Waals surface area contributed by atoms with E-state index in [1.807, 2.05) is 53.1 Å². The number of hydrogen-bond donors (Lipinski definition) is 0. The van der Waals surface area contributed by atoms with Crippen LogP contribution in [0.3, 0.4) is 0 Å². The minimum atomic E-state index is -5.48. The van der Waals surface area contributed by atoms with Crippen molar-refractivity contribution in [2.45, 2.75) is 50.5 Å². The molecule has 10 aromatic rings. The summed E-state index contributed by atoms with van der Waals surface area (Å²) in [4.78, 5) is 23.1. The zero-order valence-corrected chi connectivity index (χ0v) is 35.3. The summed E-state index contributed by atoms with van der Waals surface area (Å²) in [5, 5.41) is 1.99. The van der Waals surface area contributed by atoms with Gasteiger partial charge in [-0.05, 0) is 75.6 Å². The minimum Gasteiger partial charge on any atom is -0.288 e. The van der Waals surface area contributed by atoms with Crippen LogP contribution < -0.4 is 25.6 Å². The third kappa shape index (κ3) is 5.55. The van der Waals surface area contributed by atoms with Gasteiger partial charge in [0, 0.05) is 33.5 Å². The lowest BCUT2D eigenvalue weighted by Crippen LogP contribution is -2.74. The molecule has 0 amide bonds. The van der Waals surface area contributed by atoms with Gasteiger partial charge in [-0.3, -0.25) is 9.47 Å². The average Bonchev–Trinajstić information content (AvgIpc) is 3.73. The van der Waals surface area contributed by atoms with Crippen molar-refractivity contribution in [1.82, 2.24) is 24.5 Å². The van der Waals surface area contributed by atoms with Crippen molar-refractivity contribution >= 4 is 73.2 Å². The van der Waals surface area contributed by atoms with Crippen molar-refractivity contribution in [2.24, 2.45) is 0 Å². The molecular weight excluding hydrogens is 785 g/mol. The highest BCUT2D eigenvalue weighted by atomic mass is 28.3. The van der Waals surface area contributed by atoms with Gasteiger partial charge in [-0.2, -0.15) is 15.0 Å². The van der Waals surface area contributed by atoms with Crippen LogP contribution in [0.1, 0.15) is 65.7 Å². The first-order chi connectivity index (χ1) is 37.2. The topological polar surface area (TPSA) is 59.7 Å². The van der Waals surface area contributed by atoms with Crippen molar-refractivity contribution < 1.29 is 20.6 Å². The summed E-state index contributed by atoms with van der Waals surface area (Å²) in [6.45, 7) is 4.45. The predicted molar refractivity (Wildman–Crippen MR) is 261 cm³/mol. The van der Waals surface area contributed by atoms with Crippen LogP contribution in [0, 0.1) is 0 Å². The Balaban J connectivity index is 1.24. The molecule has 12 rings (SSSR count). The summed E-state index contributed by atoms with van der Waals surface area (Å²) >= 11 is 0.